The highest BCUT2D eigenvalue weighted by atomic mass is 31.2. The molecule has 4 aliphatic heterocycles. The van der Waals surface area contributed by atoms with Crippen molar-refractivity contribution in [1.82, 2.24) is 30.2 Å². The standard InChI is InChI=1S/C31H34F3N8O6P/c1-5-47-49(45)17-18-7-8-22(25(13-18)46-4)40-30-37-15-20(31(32,33)34)27(41-30)39-23-10-9-21(38-26(23)29(44)36-3)19-14-24(28(43)35-2)42(16-19)11-6-12-48-49/h7-10,13-16H,5-6,11-12,17H2,1-4H3,(H,35,43)(H,36,44)(H2,37,39,40,41)/t49-/m1/s1. The van der Waals surface area contributed by atoms with Gasteiger partial charge in [-0.15, -0.1) is 0 Å². The van der Waals surface area contributed by atoms with Crippen LogP contribution in [0.4, 0.5) is 36.3 Å². The first-order chi connectivity index (χ1) is 23.4. The summed E-state index contributed by atoms with van der Waals surface area (Å²) in [4.78, 5) is 38.2. The van der Waals surface area contributed by atoms with E-state index in [1.54, 1.807) is 42.0 Å². The van der Waals surface area contributed by atoms with Crippen LogP contribution in [0, 0.1) is 0 Å². The van der Waals surface area contributed by atoms with Gasteiger partial charge in [-0.2, -0.15) is 18.2 Å². The van der Waals surface area contributed by atoms with Gasteiger partial charge in [-0.3, -0.25) is 14.2 Å². The molecule has 0 fully saturated rings. The molecule has 3 aromatic heterocycles. The Labute approximate surface area is 279 Å². The van der Waals surface area contributed by atoms with Crippen molar-refractivity contribution >= 4 is 42.6 Å². The van der Waals surface area contributed by atoms with Crippen LogP contribution in [0.25, 0.3) is 11.3 Å². The number of amides is 2. The SMILES string of the molecule is CCO[P@]1(=O)Cc2ccc(c(OC)c2)Nc2ncc(C(F)(F)F)c(n2)Nc2ccc(nc2C(=O)NC)-c2cc(C(=O)NC)n(c2)CCCO1. The van der Waals surface area contributed by atoms with Gasteiger partial charge in [0.1, 0.15) is 22.8 Å². The number of carbonyl (C=O) groups is 2. The molecule has 0 spiro atoms. The van der Waals surface area contributed by atoms with Gasteiger partial charge in [0.25, 0.3) is 11.8 Å². The van der Waals surface area contributed by atoms with Crippen molar-refractivity contribution in [3.8, 4) is 17.0 Å². The molecule has 8 rings (SSSR count). The van der Waals surface area contributed by atoms with Crippen LogP contribution in [0.1, 0.15) is 45.4 Å². The number of methoxy groups -OCH3 is 1. The quantitative estimate of drug-likeness (QED) is 0.188. The fraction of sp³-hybridized carbons (Fsp3) is 0.323. The third-order valence-electron chi connectivity index (χ3n) is 7.38. The number of pyridine rings is 1. The Morgan fingerprint density at radius 3 is 2.51 bits per heavy atom. The highest BCUT2D eigenvalue weighted by Gasteiger charge is 2.36. The molecule has 260 valence electrons. The molecule has 0 saturated heterocycles. The summed E-state index contributed by atoms with van der Waals surface area (Å²) in [6.07, 6.45) is -2.34. The predicted molar refractivity (Wildman–Crippen MR) is 175 cm³/mol. The molecule has 7 heterocycles. The topological polar surface area (TPSA) is 171 Å². The van der Waals surface area contributed by atoms with Crippen LogP contribution in [-0.4, -0.2) is 65.8 Å². The largest absolute Gasteiger partial charge is 0.495 e. The van der Waals surface area contributed by atoms with Gasteiger partial charge in [0.05, 0.1) is 43.6 Å². The third-order valence-corrected chi connectivity index (χ3v) is 9.36. The number of nitrogens with one attached hydrogen (secondary N) is 4. The lowest BCUT2D eigenvalue weighted by atomic mass is 10.1. The Bertz CT molecular complexity index is 1920. The molecule has 0 aliphatic carbocycles. The predicted octanol–water partition coefficient (Wildman–Crippen LogP) is 5.72. The number of aromatic nitrogens is 4. The molecule has 2 amide bonds. The maximum atomic E-state index is 14.1. The minimum absolute atomic E-state index is 0.0434. The van der Waals surface area contributed by atoms with E-state index in [1.165, 1.54) is 33.3 Å². The van der Waals surface area contributed by atoms with Gasteiger partial charge in [0, 0.05) is 38.6 Å². The molecule has 0 saturated carbocycles. The van der Waals surface area contributed by atoms with Crippen LogP contribution >= 0.6 is 7.60 Å². The maximum Gasteiger partial charge on any atom is 0.421 e. The van der Waals surface area contributed by atoms with Crippen molar-refractivity contribution in [2.24, 2.45) is 0 Å². The number of hydrogen-bond acceptors (Lipinski definition) is 11. The van der Waals surface area contributed by atoms with Crippen molar-refractivity contribution in [2.75, 3.05) is 45.1 Å². The van der Waals surface area contributed by atoms with E-state index in [0.29, 0.717) is 29.4 Å². The maximum absolute atomic E-state index is 14.1. The normalized spacial score (nSPS) is 16.5. The number of alkyl halides is 3. The third kappa shape index (κ3) is 8.01. The lowest BCUT2D eigenvalue weighted by Crippen LogP contribution is -2.21. The zero-order valence-corrected chi connectivity index (χ0v) is 27.9. The first-order valence-electron chi connectivity index (χ1n) is 15.1. The Morgan fingerprint density at radius 1 is 1.06 bits per heavy atom. The van der Waals surface area contributed by atoms with E-state index in [-0.39, 0.29) is 60.4 Å². The Hall–Kier alpha value is -4.99. The van der Waals surface area contributed by atoms with E-state index in [0.717, 1.165) is 0 Å². The summed E-state index contributed by atoms with van der Waals surface area (Å²) in [5.41, 5.74) is 0.368. The van der Waals surface area contributed by atoms with Gasteiger partial charge in [-0.1, -0.05) is 6.07 Å². The smallest absolute Gasteiger partial charge is 0.421 e. The number of hydrogen-bond donors (Lipinski definition) is 4. The fourth-order valence-corrected chi connectivity index (χ4v) is 6.79. The molecule has 0 unspecified atom stereocenters. The number of rotatable bonds is 5. The molecule has 49 heavy (non-hydrogen) atoms. The van der Waals surface area contributed by atoms with Crippen molar-refractivity contribution in [2.45, 2.75) is 32.2 Å². The molecule has 1 aromatic carbocycles. The average molecular weight is 703 g/mol. The molecule has 18 heteroatoms. The summed E-state index contributed by atoms with van der Waals surface area (Å²) in [7, 11) is 0.581. The van der Waals surface area contributed by atoms with E-state index in [2.05, 4.69) is 36.2 Å². The minimum atomic E-state index is -4.86. The number of ether oxygens (including phenoxy) is 1. The van der Waals surface area contributed by atoms with Gasteiger partial charge in [0.15, 0.2) is 5.69 Å². The number of carbonyl (C=O) groups excluding carboxylic acids is 2. The first kappa shape index (κ1) is 35.3. The van der Waals surface area contributed by atoms with E-state index in [9.17, 15) is 27.3 Å². The van der Waals surface area contributed by atoms with Gasteiger partial charge in [-0.25, -0.2) is 9.97 Å². The number of halogens is 3. The molecule has 1 atom stereocenters. The van der Waals surface area contributed by atoms with Crippen molar-refractivity contribution in [3.05, 3.63) is 71.3 Å². The second kappa shape index (κ2) is 14.6. The molecule has 4 aliphatic rings. The second-order valence-electron chi connectivity index (χ2n) is 10.7. The number of anilines is 4. The zero-order valence-electron chi connectivity index (χ0n) is 27.0. The number of benzene rings is 1. The molecule has 0 radical (unpaired) electrons. The number of nitrogens with zero attached hydrogens (tertiary/aromatic N) is 4. The van der Waals surface area contributed by atoms with E-state index < -0.39 is 37.0 Å². The van der Waals surface area contributed by atoms with Gasteiger partial charge < -0.3 is 39.6 Å². The summed E-state index contributed by atoms with van der Waals surface area (Å²) in [5.74, 6) is -1.70. The fourth-order valence-electron chi connectivity index (χ4n) is 5.08. The van der Waals surface area contributed by atoms with Crippen LogP contribution < -0.4 is 26.0 Å². The summed E-state index contributed by atoms with van der Waals surface area (Å²) < 4.78 is 74.7. The van der Waals surface area contributed by atoms with Crippen LogP contribution in [0.3, 0.4) is 0 Å². The van der Waals surface area contributed by atoms with Crippen LogP contribution in [0.15, 0.2) is 48.8 Å². The Morgan fingerprint density at radius 2 is 1.82 bits per heavy atom. The molecule has 4 N–H and O–H groups in total. The average Bonchev–Trinajstić information content (AvgIpc) is 3.50. The monoisotopic (exact) mass is 702 g/mol. The highest BCUT2D eigenvalue weighted by Crippen LogP contribution is 2.52. The van der Waals surface area contributed by atoms with E-state index in [4.69, 9.17) is 13.8 Å². The molecule has 14 nitrogen and oxygen atoms in total. The summed E-state index contributed by atoms with van der Waals surface area (Å²) in [6, 6.07) is 9.26. The molecular weight excluding hydrogens is 668 g/mol. The van der Waals surface area contributed by atoms with Crippen molar-refractivity contribution in [3.63, 3.8) is 0 Å². The molecule has 8 bridgehead atoms. The zero-order chi connectivity index (χ0) is 35.3. The van der Waals surface area contributed by atoms with Crippen LogP contribution in [0.5, 0.6) is 5.75 Å². The minimum Gasteiger partial charge on any atom is -0.495 e. The van der Waals surface area contributed by atoms with Gasteiger partial charge in [-0.05, 0) is 49.2 Å². The van der Waals surface area contributed by atoms with E-state index in [1.807, 2.05) is 0 Å². The van der Waals surface area contributed by atoms with Crippen LogP contribution in [-0.2, 0) is 32.5 Å². The van der Waals surface area contributed by atoms with E-state index >= 15 is 0 Å². The second-order valence-corrected chi connectivity index (χ2v) is 12.7. The first-order valence-corrected chi connectivity index (χ1v) is 16.8. The van der Waals surface area contributed by atoms with Gasteiger partial charge in [0.2, 0.25) is 5.95 Å². The van der Waals surface area contributed by atoms with Crippen molar-refractivity contribution < 1.29 is 41.1 Å². The summed E-state index contributed by atoms with van der Waals surface area (Å²) >= 11 is 0. The number of aryl methyl sites for hydroxylation is 1. The Kier molecular flexibility index (Phi) is 10.6. The highest BCUT2D eigenvalue weighted by molar-refractivity contribution is 7.53. The summed E-state index contributed by atoms with van der Waals surface area (Å²) in [6.45, 7) is 2.14. The lowest BCUT2D eigenvalue weighted by molar-refractivity contribution is -0.137. The van der Waals surface area contributed by atoms with Gasteiger partial charge >= 0.3 is 13.8 Å². The Balaban J connectivity index is 1.67. The molecular formula is C31H34F3N8O6P. The molecule has 4 aromatic rings. The summed E-state index contributed by atoms with van der Waals surface area (Å²) in [5, 5.41) is 10.5. The van der Waals surface area contributed by atoms with Crippen molar-refractivity contribution in [1.29, 1.82) is 0 Å². The lowest BCUT2D eigenvalue weighted by Gasteiger charge is -2.20. The van der Waals surface area contributed by atoms with Crippen LogP contribution in [0.2, 0.25) is 0 Å².